The molecule has 4 rings (SSSR count). The molecule has 2 aliphatic rings. The summed E-state index contributed by atoms with van der Waals surface area (Å²) in [7, 11) is -4.34. The fraction of sp³-hybridized carbons (Fsp3) is 0.478. The summed E-state index contributed by atoms with van der Waals surface area (Å²) in [5.41, 5.74) is -4.32. The second-order valence-corrected chi connectivity index (χ2v) is 10.9. The van der Waals surface area contributed by atoms with Crippen LogP contribution in [0.25, 0.3) is 0 Å². The molecule has 4 nitrogen and oxygen atoms in total. The Bertz CT molecular complexity index is 1210. The molecule has 0 bridgehead atoms. The van der Waals surface area contributed by atoms with Gasteiger partial charge in [-0.05, 0) is 62.1 Å². The van der Waals surface area contributed by atoms with Gasteiger partial charge in [-0.15, -0.1) is 0 Å². The molecule has 1 aliphatic heterocycles. The molecule has 0 aromatic heterocycles. The van der Waals surface area contributed by atoms with Gasteiger partial charge in [0.05, 0.1) is 21.6 Å². The van der Waals surface area contributed by atoms with Crippen LogP contribution in [0, 0.1) is 0 Å². The van der Waals surface area contributed by atoms with E-state index in [4.69, 9.17) is 0 Å². The molecule has 1 saturated carbocycles. The molecule has 0 unspecified atom stereocenters. The lowest BCUT2D eigenvalue weighted by Gasteiger charge is -2.39. The van der Waals surface area contributed by atoms with Crippen LogP contribution in [0.3, 0.4) is 0 Å². The van der Waals surface area contributed by atoms with Crippen LogP contribution in [0.5, 0.6) is 0 Å². The highest BCUT2D eigenvalue weighted by atomic mass is 32.2. The van der Waals surface area contributed by atoms with E-state index in [2.05, 4.69) is 0 Å². The molecular formula is C23H21F9N2O2S. The first kappa shape index (κ1) is 27.6. The van der Waals surface area contributed by atoms with Crippen LogP contribution in [-0.4, -0.2) is 37.9 Å². The molecule has 1 saturated heterocycles. The Morgan fingerprint density at radius 3 is 1.62 bits per heavy atom. The number of anilines is 1. The molecule has 1 heterocycles. The number of alkyl halides is 9. The van der Waals surface area contributed by atoms with Gasteiger partial charge in [0.1, 0.15) is 0 Å². The zero-order valence-electron chi connectivity index (χ0n) is 19.0. The summed E-state index contributed by atoms with van der Waals surface area (Å²) in [5.74, 6) is 0. The molecular weight excluding hydrogens is 539 g/mol. The van der Waals surface area contributed by atoms with Gasteiger partial charge >= 0.3 is 18.5 Å². The molecule has 1 aliphatic carbocycles. The summed E-state index contributed by atoms with van der Waals surface area (Å²) < 4.78 is 147. The minimum absolute atomic E-state index is 0.0344. The van der Waals surface area contributed by atoms with E-state index >= 15 is 0 Å². The van der Waals surface area contributed by atoms with Crippen molar-refractivity contribution in [2.24, 2.45) is 0 Å². The number of halogens is 9. The number of rotatable bonds is 5. The lowest BCUT2D eigenvalue weighted by Crippen LogP contribution is -2.48. The Hall–Kier alpha value is -2.48. The van der Waals surface area contributed by atoms with Crippen molar-refractivity contribution in [1.82, 2.24) is 4.31 Å². The number of nitrogens with zero attached hydrogens (tertiary/aromatic N) is 2. The van der Waals surface area contributed by atoms with Gasteiger partial charge in [-0.3, -0.25) is 0 Å². The van der Waals surface area contributed by atoms with Crippen molar-refractivity contribution in [2.75, 3.05) is 18.0 Å². The maximum Gasteiger partial charge on any atom is 0.416 e. The Morgan fingerprint density at radius 2 is 1.16 bits per heavy atom. The monoisotopic (exact) mass is 560 g/mol. The lowest BCUT2D eigenvalue weighted by molar-refractivity contribution is -0.143. The van der Waals surface area contributed by atoms with E-state index in [1.807, 2.05) is 0 Å². The Labute approximate surface area is 206 Å². The van der Waals surface area contributed by atoms with Crippen LogP contribution < -0.4 is 4.90 Å². The molecule has 204 valence electrons. The van der Waals surface area contributed by atoms with Gasteiger partial charge in [-0.1, -0.05) is 6.07 Å². The van der Waals surface area contributed by atoms with Gasteiger partial charge in [-0.25, -0.2) is 8.42 Å². The maximum atomic E-state index is 13.3. The van der Waals surface area contributed by atoms with Crippen LogP contribution in [0.4, 0.5) is 45.2 Å². The Kier molecular flexibility index (Phi) is 6.97. The summed E-state index contributed by atoms with van der Waals surface area (Å²) in [6.45, 7) is -0.0742. The first-order chi connectivity index (χ1) is 17.0. The standard InChI is InChI=1S/C23H21F9N2O2S/c24-21(25,26)14-2-1-3-20(13-14)37(35,36)34(17-4-5-17)18-6-8-33(9-7-18)19-11-15(22(27,28)29)10-16(12-19)23(30,31)32/h1-3,10-13,17-18H,4-9H2. The van der Waals surface area contributed by atoms with Crippen molar-refractivity contribution in [3.05, 3.63) is 59.2 Å². The number of benzene rings is 2. The quantitative estimate of drug-likeness (QED) is 0.389. The molecule has 14 heteroatoms. The number of piperidine rings is 1. The van der Waals surface area contributed by atoms with Crippen molar-refractivity contribution >= 4 is 15.7 Å². The van der Waals surface area contributed by atoms with Crippen LogP contribution in [-0.2, 0) is 28.6 Å². The minimum atomic E-state index is -5.00. The Morgan fingerprint density at radius 1 is 0.676 bits per heavy atom. The largest absolute Gasteiger partial charge is 0.416 e. The van der Waals surface area contributed by atoms with Gasteiger partial charge in [0.2, 0.25) is 10.0 Å². The predicted octanol–water partition coefficient (Wildman–Crippen LogP) is 6.57. The van der Waals surface area contributed by atoms with Crippen LogP contribution >= 0.6 is 0 Å². The van der Waals surface area contributed by atoms with Crippen molar-refractivity contribution < 1.29 is 47.9 Å². The summed E-state index contributed by atoms with van der Waals surface area (Å²) in [4.78, 5) is 0.799. The molecule has 0 radical (unpaired) electrons. The summed E-state index contributed by atoms with van der Waals surface area (Å²) in [6.07, 6.45) is -13.6. The second-order valence-electron chi connectivity index (χ2n) is 9.07. The summed E-state index contributed by atoms with van der Waals surface area (Å²) in [6, 6.07) is 3.54. The fourth-order valence-electron chi connectivity index (χ4n) is 4.47. The van der Waals surface area contributed by atoms with E-state index < -0.39 is 62.2 Å². The van der Waals surface area contributed by atoms with Crippen LogP contribution in [0.1, 0.15) is 42.4 Å². The van der Waals surface area contributed by atoms with Gasteiger partial charge in [0.15, 0.2) is 0 Å². The molecule has 0 atom stereocenters. The zero-order valence-corrected chi connectivity index (χ0v) is 19.8. The highest BCUT2D eigenvalue weighted by Gasteiger charge is 2.44. The van der Waals surface area contributed by atoms with E-state index in [0.717, 1.165) is 22.5 Å². The third kappa shape index (κ3) is 6.00. The molecule has 37 heavy (non-hydrogen) atoms. The Balaban J connectivity index is 1.58. The summed E-state index contributed by atoms with van der Waals surface area (Å²) in [5, 5.41) is 0. The fourth-order valence-corrected chi connectivity index (χ4v) is 6.45. The average molecular weight is 560 g/mol. The van der Waals surface area contributed by atoms with E-state index in [1.54, 1.807) is 0 Å². The maximum absolute atomic E-state index is 13.3. The zero-order chi connectivity index (χ0) is 27.4. The molecule has 0 spiro atoms. The van der Waals surface area contributed by atoms with Gasteiger partial charge in [0.25, 0.3) is 0 Å². The predicted molar refractivity (Wildman–Crippen MR) is 115 cm³/mol. The highest BCUT2D eigenvalue weighted by Crippen LogP contribution is 2.41. The molecule has 0 amide bonds. The number of hydrogen-bond acceptors (Lipinski definition) is 3. The number of hydrogen-bond donors (Lipinski definition) is 0. The SMILES string of the molecule is O=S(=O)(c1cccc(C(F)(F)F)c1)N(C1CC1)C1CCN(c2cc(C(F)(F)F)cc(C(F)(F)F)c2)CC1. The van der Waals surface area contributed by atoms with E-state index in [1.165, 1.54) is 4.90 Å². The number of sulfonamides is 1. The van der Waals surface area contributed by atoms with Gasteiger partial charge in [-0.2, -0.15) is 43.8 Å². The third-order valence-corrected chi connectivity index (χ3v) is 8.41. The van der Waals surface area contributed by atoms with Crippen molar-refractivity contribution in [2.45, 2.75) is 61.2 Å². The molecule has 0 N–H and O–H groups in total. The van der Waals surface area contributed by atoms with E-state index in [9.17, 15) is 47.9 Å². The van der Waals surface area contributed by atoms with Crippen molar-refractivity contribution in [3.63, 3.8) is 0 Å². The molecule has 2 aromatic rings. The molecule has 2 fully saturated rings. The third-order valence-electron chi connectivity index (χ3n) is 6.41. The molecule has 2 aromatic carbocycles. The lowest BCUT2D eigenvalue weighted by atomic mass is 10.0. The summed E-state index contributed by atoms with van der Waals surface area (Å²) >= 11 is 0. The van der Waals surface area contributed by atoms with Crippen molar-refractivity contribution in [1.29, 1.82) is 0 Å². The van der Waals surface area contributed by atoms with Gasteiger partial charge in [0, 0.05) is 30.9 Å². The minimum Gasteiger partial charge on any atom is -0.371 e. The smallest absolute Gasteiger partial charge is 0.371 e. The van der Waals surface area contributed by atoms with E-state index in [0.29, 0.717) is 31.0 Å². The average Bonchev–Trinajstić information content (AvgIpc) is 3.62. The topological polar surface area (TPSA) is 40.6 Å². The first-order valence-electron chi connectivity index (χ1n) is 11.2. The van der Waals surface area contributed by atoms with Crippen LogP contribution in [0.15, 0.2) is 47.4 Å². The second kappa shape index (κ2) is 9.37. The van der Waals surface area contributed by atoms with Crippen LogP contribution in [0.2, 0.25) is 0 Å². The normalized spacial score (nSPS) is 18.5. The van der Waals surface area contributed by atoms with Crippen molar-refractivity contribution in [3.8, 4) is 0 Å². The highest BCUT2D eigenvalue weighted by molar-refractivity contribution is 7.89. The first-order valence-corrected chi connectivity index (χ1v) is 12.7. The van der Waals surface area contributed by atoms with Gasteiger partial charge < -0.3 is 4.90 Å². The van der Waals surface area contributed by atoms with E-state index in [-0.39, 0.29) is 37.7 Å².